The molecule has 0 aromatic heterocycles. The van der Waals surface area contributed by atoms with E-state index in [0.717, 1.165) is 62.8 Å². The summed E-state index contributed by atoms with van der Waals surface area (Å²) < 4.78 is 21.4. The lowest BCUT2D eigenvalue weighted by molar-refractivity contribution is -0.139. The minimum absolute atomic E-state index is 0.0708. The molecule has 0 N–H and O–H groups in total. The highest BCUT2D eigenvalue weighted by Crippen LogP contribution is 2.24. The van der Waals surface area contributed by atoms with E-state index < -0.39 is 5.97 Å². The number of benzene rings is 4. The van der Waals surface area contributed by atoms with Gasteiger partial charge in [-0.15, -0.1) is 0 Å². The lowest BCUT2D eigenvalue weighted by atomic mass is 10.1. The van der Waals surface area contributed by atoms with Crippen molar-refractivity contribution in [2.45, 2.75) is 17.7 Å². The van der Waals surface area contributed by atoms with Crippen molar-refractivity contribution in [2.75, 3.05) is 39.3 Å². The summed E-state index contributed by atoms with van der Waals surface area (Å²) in [6.45, 7) is 8.44. The van der Waals surface area contributed by atoms with E-state index in [2.05, 4.69) is 36.8 Å². The van der Waals surface area contributed by atoms with Gasteiger partial charge in [-0.2, -0.15) is 0 Å². The lowest BCUT2D eigenvalue weighted by Gasteiger charge is -2.08. The maximum absolute atomic E-state index is 12.8. The molecule has 0 bridgehead atoms. The zero-order valence-corrected chi connectivity index (χ0v) is 30.5. The lowest BCUT2D eigenvalue weighted by Crippen LogP contribution is -2.12. The van der Waals surface area contributed by atoms with Crippen molar-refractivity contribution in [2.24, 2.45) is 0 Å². The molecule has 0 saturated heterocycles. The summed E-state index contributed by atoms with van der Waals surface area (Å²) in [6, 6.07) is 29.9. The fraction of sp³-hybridized carbons (Fsp3) is 0.186. The molecule has 7 nitrogen and oxygen atoms in total. The van der Waals surface area contributed by atoms with Crippen LogP contribution in [-0.2, 0) is 19.1 Å². The number of carbonyl (C=O) groups excluding carboxylic acids is 3. The number of ether oxygens (including phenoxy) is 4. The van der Waals surface area contributed by atoms with Gasteiger partial charge in [0.05, 0.1) is 32.0 Å². The van der Waals surface area contributed by atoms with Gasteiger partial charge in [0, 0.05) is 45.6 Å². The van der Waals surface area contributed by atoms with E-state index >= 15 is 0 Å². The maximum Gasteiger partial charge on any atom is 0.335 e. The van der Waals surface area contributed by atoms with Crippen LogP contribution >= 0.6 is 23.5 Å². The Morgan fingerprint density at radius 3 is 1.69 bits per heavy atom. The van der Waals surface area contributed by atoms with E-state index in [1.54, 1.807) is 24.3 Å². The first-order valence-corrected chi connectivity index (χ1v) is 18.2. The molecule has 4 rings (SSSR count). The predicted octanol–water partition coefficient (Wildman–Crippen LogP) is 8.15. The quantitative estimate of drug-likeness (QED) is 0.0373. The van der Waals surface area contributed by atoms with Crippen LogP contribution in [0.4, 0.5) is 0 Å². The molecule has 0 spiro atoms. The first kappa shape index (κ1) is 39.3. The van der Waals surface area contributed by atoms with Crippen LogP contribution in [0.15, 0.2) is 127 Å². The van der Waals surface area contributed by atoms with Gasteiger partial charge in [0.1, 0.15) is 11.5 Å². The highest BCUT2D eigenvalue weighted by Gasteiger charge is 2.09. The Balaban J connectivity index is 1.18. The van der Waals surface area contributed by atoms with Crippen molar-refractivity contribution in [3.8, 4) is 35.2 Å². The Morgan fingerprint density at radius 1 is 0.673 bits per heavy atom. The van der Waals surface area contributed by atoms with Crippen LogP contribution in [0.1, 0.15) is 45.5 Å². The van der Waals surface area contributed by atoms with E-state index in [-0.39, 0.29) is 16.8 Å². The number of hydrogen-bond acceptors (Lipinski definition) is 9. The second-order valence-corrected chi connectivity index (χ2v) is 13.1. The number of esters is 1. The molecular weight excluding hydrogens is 693 g/mol. The standard InChI is InChI=1S/C43H38O7S2/c1-4-41(44)51-30-29-49-39-23-19-37(20-24-39)43(46)52-40-25-17-36(18-26-40)14-12-34-9-7-33(8-10-34)11-13-35-15-21-38(22-16-35)48-27-5-6-28-50-42(45)32(2)31-47-3/h4,7-10,15-26H,1-2,5-6,27-31H2,3H3. The number of hydrogen-bond donors (Lipinski definition) is 0. The Bertz CT molecular complexity index is 1940. The van der Waals surface area contributed by atoms with E-state index in [1.165, 1.54) is 13.2 Å². The molecule has 4 aromatic carbocycles. The average molecular weight is 731 g/mol. The Kier molecular flexibility index (Phi) is 16.4. The van der Waals surface area contributed by atoms with Crippen molar-refractivity contribution in [1.29, 1.82) is 0 Å². The molecule has 9 heteroatoms. The smallest absolute Gasteiger partial charge is 0.335 e. The van der Waals surface area contributed by atoms with E-state index in [9.17, 15) is 14.4 Å². The topological polar surface area (TPSA) is 88.1 Å². The van der Waals surface area contributed by atoms with Crippen molar-refractivity contribution in [1.82, 2.24) is 0 Å². The van der Waals surface area contributed by atoms with E-state index in [1.807, 2.05) is 72.8 Å². The molecule has 0 unspecified atom stereocenters. The van der Waals surface area contributed by atoms with Crippen LogP contribution in [0.3, 0.4) is 0 Å². The fourth-order valence-electron chi connectivity index (χ4n) is 4.27. The molecular formula is C43H38O7S2. The van der Waals surface area contributed by atoms with Gasteiger partial charge in [-0.05, 0) is 128 Å². The third kappa shape index (κ3) is 14.0. The van der Waals surface area contributed by atoms with Crippen LogP contribution in [-0.4, -0.2) is 55.5 Å². The highest BCUT2D eigenvalue weighted by atomic mass is 32.2. The second-order valence-electron chi connectivity index (χ2n) is 11.0. The molecule has 0 radical (unpaired) electrons. The molecule has 0 fully saturated rings. The molecule has 264 valence electrons. The number of thioether (sulfide) groups is 2. The average Bonchev–Trinajstić information content (AvgIpc) is 3.17. The first-order chi connectivity index (χ1) is 25.3. The van der Waals surface area contributed by atoms with Crippen LogP contribution in [0.5, 0.6) is 11.5 Å². The monoisotopic (exact) mass is 730 g/mol. The minimum Gasteiger partial charge on any atom is -0.494 e. The zero-order chi connectivity index (χ0) is 37.0. The van der Waals surface area contributed by atoms with Gasteiger partial charge < -0.3 is 18.9 Å². The summed E-state index contributed by atoms with van der Waals surface area (Å²) in [5.41, 5.74) is 4.33. The van der Waals surface area contributed by atoms with Crippen molar-refractivity contribution >= 4 is 39.7 Å². The number of rotatable bonds is 16. The fourth-order valence-corrected chi connectivity index (χ4v) is 5.50. The van der Waals surface area contributed by atoms with Gasteiger partial charge in [0.2, 0.25) is 10.2 Å². The van der Waals surface area contributed by atoms with Crippen molar-refractivity contribution in [3.05, 3.63) is 150 Å². The molecule has 0 amide bonds. The SMILES string of the molecule is C=CC(=O)SCCOc1ccc(C(=O)Sc2ccc(C#Cc3ccc(C#Cc4ccc(OCCCCOC(=O)C(=C)COC)cc4)cc3)cc2)cc1. The molecule has 52 heavy (non-hydrogen) atoms. The summed E-state index contributed by atoms with van der Waals surface area (Å²) >= 11 is 2.30. The third-order valence-electron chi connectivity index (χ3n) is 7.01. The predicted molar refractivity (Wildman–Crippen MR) is 208 cm³/mol. The van der Waals surface area contributed by atoms with Crippen molar-refractivity contribution < 1.29 is 33.3 Å². The van der Waals surface area contributed by atoms with Gasteiger partial charge in [0.25, 0.3) is 0 Å². The van der Waals surface area contributed by atoms with Crippen LogP contribution in [0, 0.1) is 23.7 Å². The van der Waals surface area contributed by atoms with Crippen LogP contribution in [0.25, 0.3) is 0 Å². The summed E-state index contributed by atoms with van der Waals surface area (Å²) in [5, 5.41) is -0.157. The van der Waals surface area contributed by atoms with Gasteiger partial charge in [-0.3, -0.25) is 9.59 Å². The number of carbonyl (C=O) groups is 3. The molecule has 0 saturated carbocycles. The van der Waals surface area contributed by atoms with E-state index in [4.69, 9.17) is 18.9 Å². The van der Waals surface area contributed by atoms with Crippen molar-refractivity contribution in [3.63, 3.8) is 0 Å². The summed E-state index contributed by atoms with van der Waals surface area (Å²) in [7, 11) is 1.50. The Labute approximate surface area is 313 Å². The highest BCUT2D eigenvalue weighted by molar-refractivity contribution is 8.14. The van der Waals surface area contributed by atoms with E-state index in [0.29, 0.717) is 48.9 Å². The van der Waals surface area contributed by atoms with Gasteiger partial charge >= 0.3 is 5.97 Å². The first-order valence-electron chi connectivity index (χ1n) is 16.4. The number of methoxy groups -OCH3 is 1. The van der Waals surface area contributed by atoms with Gasteiger partial charge in [0.15, 0.2) is 0 Å². The largest absolute Gasteiger partial charge is 0.494 e. The summed E-state index contributed by atoms with van der Waals surface area (Å²) in [4.78, 5) is 36.5. The molecule has 4 aromatic rings. The van der Waals surface area contributed by atoms with Gasteiger partial charge in [-0.25, -0.2) is 4.79 Å². The third-order valence-corrected chi connectivity index (χ3v) is 8.76. The maximum atomic E-state index is 12.8. The van der Waals surface area contributed by atoms with Gasteiger partial charge in [-0.1, -0.05) is 48.6 Å². The zero-order valence-electron chi connectivity index (χ0n) is 28.9. The van der Waals surface area contributed by atoms with Crippen LogP contribution < -0.4 is 9.47 Å². The molecule has 0 aliphatic rings. The summed E-state index contributed by atoms with van der Waals surface area (Å²) in [6.07, 6.45) is 2.72. The van der Waals surface area contributed by atoms with Crippen LogP contribution in [0.2, 0.25) is 0 Å². The molecule has 0 heterocycles. The minimum atomic E-state index is -0.436. The summed E-state index contributed by atoms with van der Waals surface area (Å²) in [5.74, 6) is 14.2. The molecule has 0 atom stereocenters. The normalized spacial score (nSPS) is 10.1. The molecule has 0 aliphatic heterocycles. The molecule has 0 aliphatic carbocycles. The Morgan fingerprint density at radius 2 is 1.15 bits per heavy atom. The number of unbranched alkanes of at least 4 members (excludes halogenated alkanes) is 1. The Hall–Kier alpha value is -5.45. The second kappa shape index (κ2) is 21.7.